The average Bonchev–Trinajstić information content (AvgIpc) is 2.55. The van der Waals surface area contributed by atoms with Crippen molar-refractivity contribution in [3.05, 3.63) is 20.9 Å². The van der Waals surface area contributed by atoms with Crippen LogP contribution in [0.15, 0.2) is 10.2 Å². The van der Waals surface area contributed by atoms with Crippen LogP contribution in [0, 0.1) is 0 Å². The van der Waals surface area contributed by atoms with E-state index in [0.717, 1.165) is 23.0 Å². The third-order valence-electron chi connectivity index (χ3n) is 2.59. The van der Waals surface area contributed by atoms with E-state index in [1.165, 1.54) is 0 Å². The van der Waals surface area contributed by atoms with E-state index in [9.17, 15) is 8.42 Å². The number of azide groups is 2. The molecular weight excluding hydrogens is 461 g/mol. The van der Waals surface area contributed by atoms with Crippen LogP contribution in [-0.2, 0) is 22.2 Å². The molecule has 16 heteroatoms. The molecule has 0 spiro atoms. The summed E-state index contributed by atoms with van der Waals surface area (Å²) < 4.78 is 39.1. The summed E-state index contributed by atoms with van der Waals surface area (Å²) in [6.07, 6.45) is 1.12. The second-order valence-electron chi connectivity index (χ2n) is 4.56. The third kappa shape index (κ3) is 17.6. The molecule has 0 rings (SSSR count). The summed E-state index contributed by atoms with van der Waals surface area (Å²) in [5.41, 5.74) is 16.8. The fourth-order valence-corrected chi connectivity index (χ4v) is 7.59. The summed E-state index contributed by atoms with van der Waals surface area (Å²) in [6, 6.07) is -0.915. The van der Waals surface area contributed by atoms with Crippen LogP contribution >= 0.6 is 43.2 Å². The third-order valence-corrected chi connectivity index (χ3v) is 9.06. The van der Waals surface area contributed by atoms with Gasteiger partial charge in [0, 0.05) is 32.8 Å². The molecule has 150 valence electrons. The highest BCUT2D eigenvalue weighted by Crippen LogP contribution is 2.28. The summed E-state index contributed by atoms with van der Waals surface area (Å²) in [5, 5.41) is 7.02. The molecule has 0 saturated heterocycles. The van der Waals surface area contributed by atoms with Crippen LogP contribution in [0.4, 0.5) is 0 Å². The maximum absolute atomic E-state index is 10.7. The first-order valence-corrected chi connectivity index (χ1v) is 14.7. The molecule has 0 aromatic rings. The molecule has 26 heavy (non-hydrogen) atoms. The van der Waals surface area contributed by atoms with Gasteiger partial charge in [-0.25, -0.2) is 8.42 Å². The van der Waals surface area contributed by atoms with E-state index < -0.39 is 34.2 Å². The van der Waals surface area contributed by atoms with E-state index in [1.54, 1.807) is 43.2 Å². The first-order valence-electron chi connectivity index (χ1n) is 7.21. The van der Waals surface area contributed by atoms with Crippen molar-refractivity contribution in [3.8, 4) is 0 Å². The van der Waals surface area contributed by atoms with Crippen LogP contribution in [0.1, 0.15) is 12.8 Å². The normalized spacial score (nSPS) is 15.3. The van der Waals surface area contributed by atoms with Crippen molar-refractivity contribution in [2.24, 2.45) is 10.2 Å². The summed E-state index contributed by atoms with van der Waals surface area (Å²) in [6.45, 7) is 0. The summed E-state index contributed by atoms with van der Waals surface area (Å²) in [5.74, 6) is 3.22. The van der Waals surface area contributed by atoms with Crippen molar-refractivity contribution in [2.75, 3.05) is 34.5 Å². The zero-order valence-electron chi connectivity index (χ0n) is 13.7. The Morgan fingerprint density at radius 2 is 1.12 bits per heavy atom. The van der Waals surface area contributed by atoms with E-state index in [-0.39, 0.29) is 11.5 Å². The molecule has 0 aliphatic rings. The van der Waals surface area contributed by atoms with Gasteiger partial charge in [-0.15, -0.1) is 0 Å². The first kappa shape index (κ1) is 26.2. The first-order chi connectivity index (χ1) is 12.5. The zero-order chi connectivity index (χ0) is 19.6. The molecule has 4 atom stereocenters. The molecule has 0 radical (unpaired) electrons. The largest absolute Gasteiger partial charge is 0.306 e. The Balaban J connectivity index is 3.63. The van der Waals surface area contributed by atoms with Gasteiger partial charge in [0.1, 0.15) is 0 Å². The lowest BCUT2D eigenvalue weighted by Crippen LogP contribution is -2.14. The lowest BCUT2D eigenvalue weighted by Gasteiger charge is -2.08. The minimum absolute atomic E-state index is 0.0392. The minimum Gasteiger partial charge on any atom is -0.306 e. The fourth-order valence-electron chi connectivity index (χ4n) is 1.50. The van der Waals surface area contributed by atoms with Gasteiger partial charge in [0.25, 0.3) is 0 Å². The SMILES string of the molecule is [N-]=[N+]=N[C@@H](CCSSCCSSCC[C@@H](CS(=O)O)N=[N+]=[N-])CS(=O)O. The van der Waals surface area contributed by atoms with Crippen LogP contribution in [0.25, 0.3) is 20.9 Å². The molecule has 10 nitrogen and oxygen atoms in total. The predicted octanol–water partition coefficient (Wildman–Crippen LogP) is 4.33. The van der Waals surface area contributed by atoms with Gasteiger partial charge in [-0.1, -0.05) is 53.4 Å². The predicted molar refractivity (Wildman–Crippen MR) is 116 cm³/mol. The molecule has 0 aromatic heterocycles. The van der Waals surface area contributed by atoms with Crippen molar-refractivity contribution < 1.29 is 17.5 Å². The average molecular weight is 481 g/mol. The highest BCUT2D eigenvalue weighted by molar-refractivity contribution is 8.78. The fraction of sp³-hybridized carbons (Fsp3) is 1.00. The number of rotatable bonds is 17. The molecule has 0 heterocycles. The summed E-state index contributed by atoms with van der Waals surface area (Å²) >= 11 is -3.93. The van der Waals surface area contributed by atoms with E-state index in [2.05, 4.69) is 20.1 Å². The molecule has 0 amide bonds. The molecule has 2 unspecified atom stereocenters. The maximum atomic E-state index is 10.7. The van der Waals surface area contributed by atoms with Gasteiger partial charge in [-0.3, -0.25) is 0 Å². The van der Waals surface area contributed by atoms with Gasteiger partial charge in [0.05, 0.1) is 23.6 Å². The van der Waals surface area contributed by atoms with E-state index in [4.69, 9.17) is 20.2 Å². The van der Waals surface area contributed by atoms with E-state index in [0.29, 0.717) is 12.8 Å². The second kappa shape index (κ2) is 18.6. The molecule has 0 saturated carbocycles. The van der Waals surface area contributed by atoms with Crippen LogP contribution < -0.4 is 0 Å². The second-order valence-corrected chi connectivity index (χ2v) is 11.9. The van der Waals surface area contributed by atoms with Gasteiger partial charge in [-0.05, 0) is 23.9 Å². The van der Waals surface area contributed by atoms with Crippen LogP contribution in [0.2, 0.25) is 0 Å². The lowest BCUT2D eigenvalue weighted by molar-refractivity contribution is 0.552. The molecule has 2 N–H and O–H groups in total. The van der Waals surface area contributed by atoms with Crippen LogP contribution in [0.5, 0.6) is 0 Å². The Morgan fingerprint density at radius 3 is 1.42 bits per heavy atom. The Morgan fingerprint density at radius 1 is 0.769 bits per heavy atom. The Hall–Kier alpha value is 0.240. The van der Waals surface area contributed by atoms with Crippen LogP contribution in [0.3, 0.4) is 0 Å². The quantitative estimate of drug-likeness (QED) is 0.0772. The smallest absolute Gasteiger partial charge is 0.153 e. The van der Waals surface area contributed by atoms with Gasteiger partial charge in [0.15, 0.2) is 22.2 Å². The van der Waals surface area contributed by atoms with Gasteiger partial charge in [0.2, 0.25) is 0 Å². The molecule has 0 bridgehead atoms. The van der Waals surface area contributed by atoms with Crippen molar-refractivity contribution in [3.63, 3.8) is 0 Å². The monoisotopic (exact) mass is 480 g/mol. The van der Waals surface area contributed by atoms with E-state index >= 15 is 0 Å². The summed E-state index contributed by atoms with van der Waals surface area (Å²) in [7, 11) is 6.63. The van der Waals surface area contributed by atoms with Gasteiger partial charge < -0.3 is 9.11 Å². The zero-order valence-corrected chi connectivity index (χ0v) is 18.6. The highest BCUT2D eigenvalue weighted by Gasteiger charge is 2.10. The Bertz CT molecular complexity index is 484. The summed E-state index contributed by atoms with van der Waals surface area (Å²) in [4.78, 5) is 5.37. The molecule has 0 fully saturated rings. The lowest BCUT2D eigenvalue weighted by atomic mass is 10.3. The van der Waals surface area contributed by atoms with Crippen molar-refractivity contribution in [2.45, 2.75) is 24.9 Å². The van der Waals surface area contributed by atoms with Crippen molar-refractivity contribution >= 4 is 65.3 Å². The van der Waals surface area contributed by atoms with Gasteiger partial charge in [-0.2, -0.15) is 0 Å². The number of hydrogen-bond acceptors (Lipinski definition) is 8. The number of nitrogens with zero attached hydrogens (tertiary/aromatic N) is 6. The highest BCUT2D eigenvalue weighted by atomic mass is 33.1. The number of hydrogen-bond donors (Lipinski definition) is 2. The van der Waals surface area contributed by atoms with Crippen LogP contribution in [-0.4, -0.2) is 64.1 Å². The Kier molecular flexibility index (Phi) is 18.8. The van der Waals surface area contributed by atoms with Crippen molar-refractivity contribution in [1.29, 1.82) is 0 Å². The van der Waals surface area contributed by atoms with Crippen molar-refractivity contribution in [1.82, 2.24) is 0 Å². The van der Waals surface area contributed by atoms with Gasteiger partial charge >= 0.3 is 0 Å². The standard InChI is InChI=1S/C10H20N6O4S6/c11-15-13-9(7-25(17)18)1-3-21-23-5-6-24-22-4-2-10(14-16-12)8-26(19)20/h9-10H,1-8H2,(H,17,18)(H,19,20)/t9-,10-/m0/s1. The molecule has 0 aliphatic carbocycles. The Labute approximate surface area is 172 Å². The molecule has 0 aromatic carbocycles. The minimum atomic E-state index is -1.96. The van der Waals surface area contributed by atoms with E-state index in [1.807, 2.05) is 0 Å². The molecular formula is C10H20N6O4S6. The molecule has 0 aliphatic heterocycles. The maximum Gasteiger partial charge on any atom is 0.153 e. The topological polar surface area (TPSA) is 172 Å².